The summed E-state index contributed by atoms with van der Waals surface area (Å²) < 4.78 is 0. The molecule has 2 amide bonds. The van der Waals surface area contributed by atoms with Gasteiger partial charge in [0.2, 0.25) is 0 Å². The van der Waals surface area contributed by atoms with Gasteiger partial charge in [-0.05, 0) is 49.3 Å². The van der Waals surface area contributed by atoms with Gasteiger partial charge >= 0.3 is 6.03 Å². The van der Waals surface area contributed by atoms with E-state index in [0.29, 0.717) is 18.4 Å². The molecule has 2 fully saturated rings. The molecule has 126 valence electrons. The van der Waals surface area contributed by atoms with Crippen LogP contribution in [0, 0.1) is 5.92 Å². The van der Waals surface area contributed by atoms with Crippen LogP contribution >= 0.6 is 11.6 Å². The zero-order chi connectivity index (χ0) is 16.2. The molecule has 4 atom stereocenters. The number of hydrogen-bond acceptors (Lipinski definition) is 2. The van der Waals surface area contributed by atoms with Gasteiger partial charge in [-0.1, -0.05) is 36.6 Å². The van der Waals surface area contributed by atoms with Gasteiger partial charge in [0, 0.05) is 23.5 Å². The number of nitrogens with one attached hydrogen (secondary N) is 2. The van der Waals surface area contributed by atoms with Crippen LogP contribution in [0.25, 0.3) is 0 Å². The number of aliphatic hydroxyl groups excluding tert-OH is 1. The SMILES string of the molecule is O=C(NCC[C@H]1CCCC[C@H]1O)N[C@@H]1C[C@H]1c1cccc(Cl)c1. The Hall–Kier alpha value is -1.26. The van der Waals surface area contributed by atoms with E-state index in [0.717, 1.165) is 37.1 Å². The molecule has 0 saturated heterocycles. The van der Waals surface area contributed by atoms with Crippen LogP contribution in [0.5, 0.6) is 0 Å². The summed E-state index contributed by atoms with van der Waals surface area (Å²) in [4.78, 5) is 11.9. The number of aliphatic hydroxyl groups is 1. The Morgan fingerprint density at radius 3 is 2.91 bits per heavy atom. The molecule has 0 aromatic heterocycles. The first-order valence-electron chi connectivity index (χ1n) is 8.61. The number of rotatable bonds is 5. The zero-order valence-corrected chi connectivity index (χ0v) is 14.1. The van der Waals surface area contributed by atoms with E-state index in [1.54, 1.807) is 0 Å². The Kier molecular flexibility index (Phi) is 5.44. The fraction of sp³-hybridized carbons (Fsp3) is 0.611. The average molecular weight is 337 g/mol. The van der Waals surface area contributed by atoms with Gasteiger partial charge in [-0.3, -0.25) is 0 Å². The van der Waals surface area contributed by atoms with Gasteiger partial charge in [0.05, 0.1) is 6.10 Å². The van der Waals surface area contributed by atoms with Crippen molar-refractivity contribution in [2.45, 2.75) is 56.6 Å². The lowest BCUT2D eigenvalue weighted by molar-refractivity contribution is 0.0657. The van der Waals surface area contributed by atoms with Crippen LogP contribution in [0.2, 0.25) is 5.02 Å². The van der Waals surface area contributed by atoms with Crippen LogP contribution in [0.15, 0.2) is 24.3 Å². The van der Waals surface area contributed by atoms with E-state index in [1.165, 1.54) is 12.0 Å². The molecule has 0 unspecified atom stereocenters. The van der Waals surface area contributed by atoms with E-state index in [-0.39, 0.29) is 18.2 Å². The number of halogens is 1. The largest absolute Gasteiger partial charge is 0.393 e. The minimum absolute atomic E-state index is 0.107. The molecule has 5 heteroatoms. The molecule has 3 rings (SSSR count). The predicted molar refractivity (Wildman–Crippen MR) is 91.7 cm³/mol. The van der Waals surface area contributed by atoms with Gasteiger partial charge in [-0.25, -0.2) is 4.79 Å². The highest BCUT2D eigenvalue weighted by atomic mass is 35.5. The molecular weight excluding hydrogens is 312 g/mol. The lowest BCUT2D eigenvalue weighted by atomic mass is 9.84. The van der Waals surface area contributed by atoms with E-state index < -0.39 is 0 Å². The molecule has 3 N–H and O–H groups in total. The Bertz CT molecular complexity index is 552. The smallest absolute Gasteiger partial charge is 0.315 e. The van der Waals surface area contributed by atoms with Gasteiger partial charge < -0.3 is 15.7 Å². The van der Waals surface area contributed by atoms with Gasteiger partial charge in [-0.2, -0.15) is 0 Å². The molecule has 2 saturated carbocycles. The van der Waals surface area contributed by atoms with E-state index in [2.05, 4.69) is 16.7 Å². The van der Waals surface area contributed by atoms with Crippen molar-refractivity contribution < 1.29 is 9.90 Å². The van der Waals surface area contributed by atoms with E-state index >= 15 is 0 Å². The Morgan fingerprint density at radius 1 is 1.30 bits per heavy atom. The van der Waals surface area contributed by atoms with Crippen LogP contribution < -0.4 is 10.6 Å². The van der Waals surface area contributed by atoms with Gasteiger partial charge in [-0.15, -0.1) is 0 Å². The third-order valence-corrected chi connectivity index (χ3v) is 5.29. The van der Waals surface area contributed by atoms with Crippen molar-refractivity contribution in [2.24, 2.45) is 5.92 Å². The number of benzene rings is 1. The Morgan fingerprint density at radius 2 is 2.13 bits per heavy atom. The van der Waals surface area contributed by atoms with Crippen molar-refractivity contribution in [2.75, 3.05) is 6.54 Å². The maximum atomic E-state index is 11.9. The summed E-state index contributed by atoms with van der Waals surface area (Å²) in [5.41, 5.74) is 1.19. The second kappa shape index (κ2) is 7.54. The van der Waals surface area contributed by atoms with Crippen molar-refractivity contribution in [3.63, 3.8) is 0 Å². The molecule has 0 heterocycles. The normalized spacial score (nSPS) is 29.8. The summed E-state index contributed by atoms with van der Waals surface area (Å²) in [6.07, 6.45) is 5.93. The number of amides is 2. The fourth-order valence-corrected chi connectivity index (χ4v) is 3.77. The second-order valence-electron chi connectivity index (χ2n) is 6.80. The van der Waals surface area contributed by atoms with Crippen LogP contribution in [0.1, 0.15) is 50.0 Å². The number of urea groups is 1. The second-order valence-corrected chi connectivity index (χ2v) is 7.24. The molecular formula is C18H25ClN2O2. The van der Waals surface area contributed by atoms with Crippen molar-refractivity contribution in [3.8, 4) is 0 Å². The van der Waals surface area contributed by atoms with E-state index in [4.69, 9.17) is 11.6 Å². The van der Waals surface area contributed by atoms with Crippen LogP contribution in [-0.4, -0.2) is 29.8 Å². The number of carbonyl (C=O) groups excluding carboxylic acids is 1. The standard InChI is InChI=1S/C18H25ClN2O2/c19-14-6-3-5-13(10-14)15-11-16(15)21-18(23)20-9-8-12-4-1-2-7-17(12)22/h3,5-6,10,12,15-17,22H,1-2,4,7-9,11H2,(H2,20,21,23)/t12-,15+,16-,17-/m1/s1. The zero-order valence-electron chi connectivity index (χ0n) is 13.3. The lowest BCUT2D eigenvalue weighted by Gasteiger charge is -2.27. The first kappa shape index (κ1) is 16.6. The quantitative estimate of drug-likeness (QED) is 0.771. The van der Waals surface area contributed by atoms with Crippen molar-refractivity contribution >= 4 is 17.6 Å². The molecule has 0 spiro atoms. The van der Waals surface area contributed by atoms with Crippen LogP contribution in [-0.2, 0) is 0 Å². The molecule has 2 aliphatic carbocycles. The Balaban J connectivity index is 1.36. The highest BCUT2D eigenvalue weighted by Gasteiger charge is 2.39. The van der Waals surface area contributed by atoms with Crippen LogP contribution in [0.3, 0.4) is 0 Å². The van der Waals surface area contributed by atoms with Gasteiger partial charge in [0.1, 0.15) is 0 Å². The van der Waals surface area contributed by atoms with Crippen molar-refractivity contribution in [1.82, 2.24) is 10.6 Å². The van der Waals surface area contributed by atoms with E-state index in [1.807, 2.05) is 18.2 Å². The minimum Gasteiger partial charge on any atom is -0.393 e. The molecule has 23 heavy (non-hydrogen) atoms. The molecule has 2 aliphatic rings. The van der Waals surface area contributed by atoms with Crippen LogP contribution in [0.4, 0.5) is 4.79 Å². The summed E-state index contributed by atoms with van der Waals surface area (Å²) in [6.45, 7) is 0.627. The maximum absolute atomic E-state index is 11.9. The van der Waals surface area contributed by atoms with E-state index in [9.17, 15) is 9.90 Å². The highest BCUT2D eigenvalue weighted by molar-refractivity contribution is 6.30. The molecule has 0 radical (unpaired) electrons. The third-order valence-electron chi connectivity index (χ3n) is 5.05. The maximum Gasteiger partial charge on any atom is 0.315 e. The third kappa shape index (κ3) is 4.61. The lowest BCUT2D eigenvalue weighted by Crippen LogP contribution is -2.39. The predicted octanol–water partition coefficient (Wildman–Crippen LogP) is 3.44. The Labute approximate surface area is 142 Å². The summed E-state index contributed by atoms with van der Waals surface area (Å²) in [6, 6.07) is 7.93. The summed E-state index contributed by atoms with van der Waals surface area (Å²) in [5, 5.41) is 16.6. The van der Waals surface area contributed by atoms with Gasteiger partial charge in [0.15, 0.2) is 0 Å². The van der Waals surface area contributed by atoms with Crippen molar-refractivity contribution in [1.29, 1.82) is 0 Å². The summed E-state index contributed by atoms with van der Waals surface area (Å²) >= 11 is 6.00. The topological polar surface area (TPSA) is 61.4 Å². The number of carbonyl (C=O) groups is 1. The minimum atomic E-state index is -0.191. The molecule has 0 aliphatic heterocycles. The molecule has 1 aromatic carbocycles. The van der Waals surface area contributed by atoms with Gasteiger partial charge in [0.25, 0.3) is 0 Å². The molecule has 1 aromatic rings. The van der Waals surface area contributed by atoms with Crippen molar-refractivity contribution in [3.05, 3.63) is 34.9 Å². The number of hydrogen-bond donors (Lipinski definition) is 3. The fourth-order valence-electron chi connectivity index (χ4n) is 3.58. The monoisotopic (exact) mass is 336 g/mol. The first-order chi connectivity index (χ1) is 11.1. The average Bonchev–Trinajstić information content (AvgIpc) is 3.28. The summed E-state index contributed by atoms with van der Waals surface area (Å²) in [7, 11) is 0. The molecule has 0 bridgehead atoms. The highest BCUT2D eigenvalue weighted by Crippen LogP contribution is 2.41. The first-order valence-corrected chi connectivity index (χ1v) is 8.99. The molecule has 4 nitrogen and oxygen atoms in total. The summed E-state index contributed by atoms with van der Waals surface area (Å²) in [5.74, 6) is 0.712.